The number of rotatable bonds is 4. The second-order valence-corrected chi connectivity index (χ2v) is 5.97. The van der Waals surface area contributed by atoms with E-state index < -0.39 is 23.3 Å². The molecule has 0 aromatic rings. The average molecular weight is 284 g/mol. The van der Waals surface area contributed by atoms with E-state index in [1.165, 1.54) is 13.8 Å². The van der Waals surface area contributed by atoms with Crippen molar-refractivity contribution in [2.24, 2.45) is 5.41 Å². The van der Waals surface area contributed by atoms with E-state index in [2.05, 4.69) is 5.32 Å². The lowest BCUT2D eigenvalue weighted by Crippen LogP contribution is -2.50. The monoisotopic (exact) mass is 284 g/mol. The molecule has 20 heavy (non-hydrogen) atoms. The summed E-state index contributed by atoms with van der Waals surface area (Å²) >= 11 is 0. The number of amides is 3. The molecular formula is C14H24N2O4. The van der Waals surface area contributed by atoms with Crippen LogP contribution in [0.2, 0.25) is 0 Å². The van der Waals surface area contributed by atoms with Crippen molar-refractivity contribution < 1.29 is 19.5 Å². The predicted octanol–water partition coefficient (Wildman–Crippen LogP) is 1.99. The van der Waals surface area contributed by atoms with Gasteiger partial charge in [0, 0.05) is 19.0 Å². The standard InChI is InChI=1S/C14H24N2O4/c1-4-10-7-5-6-8-16(10)13(20)15-11(17)9-14(2,3)12(18)19/h10H,4-9H2,1-3H3,(H,18,19)(H,15,17,20). The molecule has 0 aromatic heterocycles. The molecule has 1 rings (SSSR count). The van der Waals surface area contributed by atoms with Crippen molar-refractivity contribution in [3.63, 3.8) is 0 Å². The van der Waals surface area contributed by atoms with E-state index in [1.807, 2.05) is 6.92 Å². The van der Waals surface area contributed by atoms with Gasteiger partial charge in [-0.3, -0.25) is 14.9 Å². The highest BCUT2D eigenvalue weighted by atomic mass is 16.4. The molecule has 0 aromatic carbocycles. The fourth-order valence-corrected chi connectivity index (χ4v) is 2.40. The van der Waals surface area contributed by atoms with Crippen molar-refractivity contribution in [3.8, 4) is 0 Å². The quantitative estimate of drug-likeness (QED) is 0.826. The third kappa shape index (κ3) is 4.21. The third-order valence-electron chi connectivity index (χ3n) is 3.79. The zero-order valence-electron chi connectivity index (χ0n) is 12.4. The molecule has 1 atom stereocenters. The molecule has 0 bridgehead atoms. The fraction of sp³-hybridized carbons (Fsp3) is 0.786. The van der Waals surface area contributed by atoms with Gasteiger partial charge >= 0.3 is 12.0 Å². The number of piperidine rings is 1. The zero-order chi connectivity index (χ0) is 15.3. The van der Waals surface area contributed by atoms with E-state index in [1.54, 1.807) is 4.90 Å². The smallest absolute Gasteiger partial charge is 0.324 e. The number of hydrogen-bond donors (Lipinski definition) is 2. The lowest BCUT2D eigenvalue weighted by molar-refractivity contribution is -0.149. The van der Waals surface area contributed by atoms with Gasteiger partial charge in [0.2, 0.25) is 5.91 Å². The Morgan fingerprint density at radius 2 is 1.95 bits per heavy atom. The minimum Gasteiger partial charge on any atom is -0.481 e. The number of likely N-dealkylation sites (tertiary alicyclic amines) is 1. The Hall–Kier alpha value is -1.59. The minimum atomic E-state index is -1.17. The van der Waals surface area contributed by atoms with Crippen LogP contribution in [0.3, 0.4) is 0 Å². The van der Waals surface area contributed by atoms with Gasteiger partial charge in [-0.25, -0.2) is 4.79 Å². The van der Waals surface area contributed by atoms with Crippen LogP contribution in [0.15, 0.2) is 0 Å². The topological polar surface area (TPSA) is 86.7 Å². The van der Waals surface area contributed by atoms with Gasteiger partial charge < -0.3 is 10.0 Å². The van der Waals surface area contributed by atoms with Crippen molar-refractivity contribution in [3.05, 3.63) is 0 Å². The summed E-state index contributed by atoms with van der Waals surface area (Å²) in [5.41, 5.74) is -1.17. The van der Waals surface area contributed by atoms with Crippen molar-refractivity contribution >= 4 is 17.9 Å². The minimum absolute atomic E-state index is 0.170. The number of urea groups is 1. The van der Waals surface area contributed by atoms with Crippen LogP contribution in [0.5, 0.6) is 0 Å². The van der Waals surface area contributed by atoms with Crippen LogP contribution in [0, 0.1) is 5.41 Å². The van der Waals surface area contributed by atoms with E-state index in [0.29, 0.717) is 6.54 Å². The molecule has 2 N–H and O–H groups in total. The van der Waals surface area contributed by atoms with E-state index in [9.17, 15) is 14.4 Å². The predicted molar refractivity (Wildman–Crippen MR) is 74.2 cm³/mol. The summed E-state index contributed by atoms with van der Waals surface area (Å²) in [7, 11) is 0. The van der Waals surface area contributed by atoms with Crippen molar-refractivity contribution in [1.82, 2.24) is 10.2 Å². The Bertz CT molecular complexity index is 393. The first-order valence-electron chi connectivity index (χ1n) is 7.11. The molecule has 0 radical (unpaired) electrons. The number of nitrogens with one attached hydrogen (secondary N) is 1. The van der Waals surface area contributed by atoms with Crippen LogP contribution in [0.25, 0.3) is 0 Å². The maximum absolute atomic E-state index is 12.1. The Labute approximate surface area is 119 Å². The highest BCUT2D eigenvalue weighted by Crippen LogP contribution is 2.21. The Balaban J connectivity index is 2.57. The number of carboxylic acids is 1. The highest BCUT2D eigenvalue weighted by Gasteiger charge is 2.32. The fourth-order valence-electron chi connectivity index (χ4n) is 2.40. The average Bonchev–Trinajstić information content (AvgIpc) is 2.37. The summed E-state index contributed by atoms with van der Waals surface area (Å²) < 4.78 is 0. The van der Waals surface area contributed by atoms with Gasteiger partial charge in [0.15, 0.2) is 0 Å². The van der Waals surface area contributed by atoms with Crippen LogP contribution in [0.4, 0.5) is 4.79 Å². The first-order chi connectivity index (χ1) is 9.27. The lowest BCUT2D eigenvalue weighted by atomic mass is 9.89. The molecule has 1 saturated heterocycles. The van der Waals surface area contributed by atoms with Gasteiger partial charge in [-0.2, -0.15) is 0 Å². The van der Waals surface area contributed by atoms with E-state index >= 15 is 0 Å². The molecule has 114 valence electrons. The number of carbonyl (C=O) groups excluding carboxylic acids is 2. The van der Waals surface area contributed by atoms with Crippen LogP contribution in [0.1, 0.15) is 52.9 Å². The molecule has 1 aliphatic heterocycles. The number of aliphatic carboxylic acids is 1. The first-order valence-corrected chi connectivity index (χ1v) is 7.11. The van der Waals surface area contributed by atoms with Gasteiger partial charge in [-0.15, -0.1) is 0 Å². The molecule has 1 fully saturated rings. The maximum atomic E-state index is 12.1. The van der Waals surface area contributed by atoms with Gasteiger partial charge in [-0.05, 0) is 39.5 Å². The number of imide groups is 1. The van der Waals surface area contributed by atoms with Gasteiger partial charge in [0.05, 0.1) is 5.41 Å². The normalized spacial score (nSPS) is 19.6. The molecular weight excluding hydrogens is 260 g/mol. The second kappa shape index (κ2) is 6.72. The van der Waals surface area contributed by atoms with Crippen LogP contribution in [-0.2, 0) is 9.59 Å². The van der Waals surface area contributed by atoms with Crippen molar-refractivity contribution in [2.45, 2.75) is 58.9 Å². The van der Waals surface area contributed by atoms with E-state index in [0.717, 1.165) is 25.7 Å². The van der Waals surface area contributed by atoms with Crippen LogP contribution >= 0.6 is 0 Å². The summed E-state index contributed by atoms with van der Waals surface area (Å²) in [6.45, 7) is 5.61. The molecule has 0 saturated carbocycles. The molecule has 1 unspecified atom stereocenters. The highest BCUT2D eigenvalue weighted by molar-refractivity contribution is 5.96. The summed E-state index contributed by atoms with van der Waals surface area (Å²) in [6.07, 6.45) is 3.65. The van der Waals surface area contributed by atoms with Crippen LogP contribution in [-0.4, -0.2) is 40.5 Å². The Morgan fingerprint density at radius 1 is 1.30 bits per heavy atom. The first kappa shape index (κ1) is 16.5. The van der Waals surface area contributed by atoms with Gasteiger partial charge in [-0.1, -0.05) is 6.92 Å². The molecule has 0 aliphatic carbocycles. The second-order valence-electron chi connectivity index (χ2n) is 5.97. The summed E-state index contributed by atoms with van der Waals surface area (Å²) in [5.74, 6) is -1.59. The Kier molecular flexibility index (Phi) is 5.53. The number of nitrogens with zero attached hydrogens (tertiary/aromatic N) is 1. The summed E-state index contributed by atoms with van der Waals surface area (Å²) in [6, 6.07) is -0.230. The third-order valence-corrected chi connectivity index (χ3v) is 3.79. The number of carbonyl (C=O) groups is 3. The number of hydrogen-bond acceptors (Lipinski definition) is 3. The maximum Gasteiger partial charge on any atom is 0.324 e. The molecule has 1 aliphatic rings. The summed E-state index contributed by atoms with van der Waals surface area (Å²) in [4.78, 5) is 36.5. The van der Waals surface area contributed by atoms with E-state index in [4.69, 9.17) is 5.11 Å². The molecule has 6 nitrogen and oxygen atoms in total. The molecule has 6 heteroatoms. The molecule has 1 heterocycles. The van der Waals surface area contributed by atoms with Gasteiger partial charge in [0.1, 0.15) is 0 Å². The van der Waals surface area contributed by atoms with E-state index in [-0.39, 0.29) is 12.5 Å². The zero-order valence-corrected chi connectivity index (χ0v) is 12.4. The molecule has 3 amide bonds. The largest absolute Gasteiger partial charge is 0.481 e. The number of carboxylic acid groups (broad SMARTS) is 1. The Morgan fingerprint density at radius 3 is 2.50 bits per heavy atom. The molecule has 0 spiro atoms. The van der Waals surface area contributed by atoms with Gasteiger partial charge in [0.25, 0.3) is 0 Å². The van der Waals surface area contributed by atoms with Crippen LogP contribution < -0.4 is 5.32 Å². The lowest BCUT2D eigenvalue weighted by Gasteiger charge is -2.35. The van der Waals surface area contributed by atoms with Crippen molar-refractivity contribution in [1.29, 1.82) is 0 Å². The van der Waals surface area contributed by atoms with Crippen molar-refractivity contribution in [2.75, 3.05) is 6.54 Å². The SMILES string of the molecule is CCC1CCCCN1C(=O)NC(=O)CC(C)(C)C(=O)O. The summed E-state index contributed by atoms with van der Waals surface area (Å²) in [5, 5.41) is 11.3.